The maximum Gasteiger partial charge on any atom is 0.128 e. The van der Waals surface area contributed by atoms with Crippen molar-refractivity contribution in [3.63, 3.8) is 0 Å². The quantitative estimate of drug-likeness (QED) is 0.843. The minimum atomic E-state index is -0.225. The Hall–Kier alpha value is -1.19. The summed E-state index contributed by atoms with van der Waals surface area (Å²) in [6, 6.07) is 15.2. The summed E-state index contributed by atoms with van der Waals surface area (Å²) in [7, 11) is 1.87. The van der Waals surface area contributed by atoms with E-state index in [0.29, 0.717) is 5.56 Å². The van der Waals surface area contributed by atoms with E-state index in [2.05, 4.69) is 47.2 Å². The van der Waals surface area contributed by atoms with Crippen LogP contribution in [0.25, 0.3) is 0 Å². The van der Waals surface area contributed by atoms with Crippen LogP contribution in [0.3, 0.4) is 0 Å². The van der Waals surface area contributed by atoms with E-state index in [1.807, 2.05) is 31.3 Å². The van der Waals surface area contributed by atoms with E-state index in [0.717, 1.165) is 4.47 Å². The lowest BCUT2D eigenvalue weighted by atomic mass is 9.75. The fraction of sp³-hybridized carbons (Fsp3) is 0.294. The minimum absolute atomic E-state index is 0.109. The lowest BCUT2D eigenvalue weighted by molar-refractivity contribution is 0.357. The first-order valence-electron chi connectivity index (χ1n) is 6.64. The molecule has 1 atom stereocenters. The van der Waals surface area contributed by atoms with Crippen molar-refractivity contribution in [3.8, 4) is 0 Å². The van der Waals surface area contributed by atoms with Crippen LogP contribution in [0.15, 0.2) is 53.0 Å². The molecule has 106 valence electrons. The summed E-state index contributed by atoms with van der Waals surface area (Å²) in [4.78, 5) is 0. The lowest BCUT2D eigenvalue weighted by Crippen LogP contribution is -2.36. The zero-order valence-electron chi connectivity index (χ0n) is 12.0. The van der Waals surface area contributed by atoms with Crippen molar-refractivity contribution in [2.75, 3.05) is 7.05 Å². The zero-order valence-corrected chi connectivity index (χ0v) is 13.5. The van der Waals surface area contributed by atoms with Crippen LogP contribution in [-0.4, -0.2) is 7.05 Å². The standard InChI is InChI=1S/C17H19BrFN/c1-17(2,12-7-5-4-6-8-12)16(20-3)14-11-13(18)9-10-15(14)19/h4-11,16,20H,1-3H3. The normalized spacial score (nSPS) is 13.2. The second kappa shape index (κ2) is 6.06. The second-order valence-electron chi connectivity index (χ2n) is 5.48. The van der Waals surface area contributed by atoms with Crippen LogP contribution < -0.4 is 5.32 Å². The highest BCUT2D eigenvalue weighted by atomic mass is 79.9. The third-order valence-corrected chi connectivity index (χ3v) is 4.29. The molecule has 0 bridgehead atoms. The van der Waals surface area contributed by atoms with E-state index >= 15 is 0 Å². The highest BCUT2D eigenvalue weighted by molar-refractivity contribution is 9.10. The number of halogens is 2. The first kappa shape index (κ1) is 15.2. The van der Waals surface area contributed by atoms with Gasteiger partial charge in [-0.05, 0) is 30.8 Å². The molecule has 1 nitrogen and oxygen atoms in total. The van der Waals surface area contributed by atoms with E-state index in [4.69, 9.17) is 0 Å². The Balaban J connectivity index is 2.49. The third-order valence-electron chi connectivity index (χ3n) is 3.80. The Labute approximate surface area is 128 Å². The maximum atomic E-state index is 14.2. The van der Waals surface area contributed by atoms with Crippen LogP contribution in [0.4, 0.5) is 4.39 Å². The van der Waals surface area contributed by atoms with Crippen molar-refractivity contribution in [1.29, 1.82) is 0 Å². The second-order valence-corrected chi connectivity index (χ2v) is 6.39. The van der Waals surface area contributed by atoms with Gasteiger partial charge < -0.3 is 5.32 Å². The molecule has 0 fully saturated rings. The van der Waals surface area contributed by atoms with Crippen LogP contribution in [0.5, 0.6) is 0 Å². The molecule has 2 aromatic carbocycles. The molecule has 0 spiro atoms. The smallest absolute Gasteiger partial charge is 0.128 e. The molecule has 1 unspecified atom stereocenters. The topological polar surface area (TPSA) is 12.0 Å². The van der Waals surface area contributed by atoms with E-state index < -0.39 is 0 Å². The number of hydrogen-bond acceptors (Lipinski definition) is 1. The largest absolute Gasteiger partial charge is 0.312 e. The van der Waals surface area contributed by atoms with E-state index in [9.17, 15) is 4.39 Å². The van der Waals surface area contributed by atoms with Gasteiger partial charge in [0.25, 0.3) is 0 Å². The number of benzene rings is 2. The van der Waals surface area contributed by atoms with Gasteiger partial charge in [0.2, 0.25) is 0 Å². The number of hydrogen-bond donors (Lipinski definition) is 1. The molecule has 0 heterocycles. The molecule has 0 saturated carbocycles. The Morgan fingerprint density at radius 2 is 1.75 bits per heavy atom. The summed E-state index contributed by atoms with van der Waals surface area (Å²) in [5.74, 6) is -0.184. The Morgan fingerprint density at radius 1 is 1.10 bits per heavy atom. The molecule has 0 aliphatic heterocycles. The van der Waals surface area contributed by atoms with Gasteiger partial charge >= 0.3 is 0 Å². The molecule has 0 amide bonds. The van der Waals surface area contributed by atoms with E-state index in [1.54, 1.807) is 6.07 Å². The average molecular weight is 336 g/mol. The van der Waals surface area contributed by atoms with Gasteiger partial charge in [0.15, 0.2) is 0 Å². The zero-order chi connectivity index (χ0) is 14.8. The van der Waals surface area contributed by atoms with Crippen molar-refractivity contribution in [2.24, 2.45) is 0 Å². The molecule has 0 saturated heterocycles. The summed E-state index contributed by atoms with van der Waals surface area (Å²) in [5.41, 5.74) is 1.63. The predicted octanol–water partition coefficient (Wildman–Crippen LogP) is 4.83. The minimum Gasteiger partial charge on any atom is -0.312 e. The van der Waals surface area contributed by atoms with Gasteiger partial charge in [-0.1, -0.05) is 60.1 Å². The van der Waals surface area contributed by atoms with Gasteiger partial charge in [-0.3, -0.25) is 0 Å². The van der Waals surface area contributed by atoms with Gasteiger partial charge in [0, 0.05) is 21.5 Å². The van der Waals surface area contributed by atoms with Crippen LogP contribution in [-0.2, 0) is 5.41 Å². The highest BCUT2D eigenvalue weighted by Crippen LogP contribution is 2.38. The maximum absolute atomic E-state index is 14.2. The molecule has 2 rings (SSSR count). The van der Waals surface area contributed by atoms with Crippen LogP contribution in [0.1, 0.15) is 31.0 Å². The molecule has 0 radical (unpaired) electrons. The SMILES string of the molecule is CNC(c1cc(Br)ccc1F)C(C)(C)c1ccccc1. The number of rotatable bonds is 4. The Morgan fingerprint density at radius 3 is 2.35 bits per heavy atom. The summed E-state index contributed by atoms with van der Waals surface area (Å²) < 4.78 is 15.1. The van der Waals surface area contributed by atoms with Gasteiger partial charge in [0.1, 0.15) is 5.82 Å². The van der Waals surface area contributed by atoms with Gasteiger partial charge in [0.05, 0.1) is 0 Å². The van der Waals surface area contributed by atoms with Crippen molar-refractivity contribution in [3.05, 3.63) is 69.9 Å². The summed E-state index contributed by atoms with van der Waals surface area (Å²) >= 11 is 3.42. The molecular weight excluding hydrogens is 317 g/mol. The molecule has 0 aliphatic rings. The fourth-order valence-corrected chi connectivity index (χ4v) is 3.05. The number of nitrogens with one attached hydrogen (secondary N) is 1. The summed E-state index contributed by atoms with van der Waals surface area (Å²) in [5, 5.41) is 3.26. The van der Waals surface area contributed by atoms with Crippen LogP contribution in [0.2, 0.25) is 0 Å². The van der Waals surface area contributed by atoms with Crippen molar-refractivity contribution in [2.45, 2.75) is 25.3 Å². The molecule has 0 aliphatic carbocycles. The predicted molar refractivity (Wildman–Crippen MR) is 85.4 cm³/mol. The Kier molecular flexibility index (Phi) is 4.61. The average Bonchev–Trinajstić information content (AvgIpc) is 2.44. The monoisotopic (exact) mass is 335 g/mol. The summed E-state index contributed by atoms with van der Waals surface area (Å²) in [6.07, 6.45) is 0. The Bertz CT molecular complexity index is 581. The van der Waals surface area contributed by atoms with Crippen LogP contribution in [0, 0.1) is 5.82 Å². The molecule has 0 aromatic heterocycles. The third kappa shape index (κ3) is 2.94. The first-order valence-corrected chi connectivity index (χ1v) is 7.44. The van der Waals surface area contributed by atoms with E-state index in [1.165, 1.54) is 11.6 Å². The van der Waals surface area contributed by atoms with Crippen LogP contribution >= 0.6 is 15.9 Å². The van der Waals surface area contributed by atoms with Gasteiger partial charge in [-0.25, -0.2) is 4.39 Å². The molecular formula is C17H19BrFN. The molecule has 1 N–H and O–H groups in total. The number of likely N-dealkylation sites (N-methyl/N-ethyl adjacent to an activating group) is 1. The fourth-order valence-electron chi connectivity index (χ4n) is 2.68. The van der Waals surface area contributed by atoms with Crippen molar-refractivity contribution < 1.29 is 4.39 Å². The first-order chi connectivity index (χ1) is 9.46. The van der Waals surface area contributed by atoms with Gasteiger partial charge in [-0.2, -0.15) is 0 Å². The summed E-state index contributed by atoms with van der Waals surface area (Å²) in [6.45, 7) is 4.26. The van der Waals surface area contributed by atoms with E-state index in [-0.39, 0.29) is 17.3 Å². The molecule has 20 heavy (non-hydrogen) atoms. The molecule has 2 aromatic rings. The molecule has 3 heteroatoms. The van der Waals surface area contributed by atoms with Gasteiger partial charge in [-0.15, -0.1) is 0 Å². The van der Waals surface area contributed by atoms with Crippen molar-refractivity contribution >= 4 is 15.9 Å². The lowest BCUT2D eigenvalue weighted by Gasteiger charge is -2.35. The van der Waals surface area contributed by atoms with Crippen molar-refractivity contribution in [1.82, 2.24) is 5.32 Å². The highest BCUT2D eigenvalue weighted by Gasteiger charge is 2.33.